The minimum atomic E-state index is -0.505. The Balaban J connectivity index is 1.59. The summed E-state index contributed by atoms with van der Waals surface area (Å²) in [4.78, 5) is 37.9. The van der Waals surface area contributed by atoms with Crippen LogP contribution >= 0.6 is 0 Å². The normalized spacial score (nSPS) is 12.7. The largest absolute Gasteiger partial charge is 0.493 e. The highest BCUT2D eigenvalue weighted by Crippen LogP contribution is 2.37. The lowest BCUT2D eigenvalue weighted by Gasteiger charge is -2.14. The highest BCUT2D eigenvalue weighted by Gasteiger charge is 2.34. The predicted octanol–water partition coefficient (Wildman–Crippen LogP) is 2.69. The molecule has 1 aliphatic rings. The summed E-state index contributed by atoms with van der Waals surface area (Å²) in [7, 11) is 2.93. The van der Waals surface area contributed by atoms with Crippen LogP contribution in [0.25, 0.3) is 0 Å². The second-order valence-corrected chi connectivity index (χ2v) is 5.88. The Morgan fingerprint density at radius 3 is 1.96 bits per heavy atom. The zero-order valence-corrected chi connectivity index (χ0v) is 15.1. The summed E-state index contributed by atoms with van der Waals surface area (Å²) in [6.07, 6.45) is 0.330. The van der Waals surface area contributed by atoms with Gasteiger partial charge in [0.2, 0.25) is 5.75 Å². The van der Waals surface area contributed by atoms with Crippen LogP contribution in [-0.2, 0) is 4.79 Å². The van der Waals surface area contributed by atoms with Crippen LogP contribution in [0.5, 0.6) is 17.2 Å². The van der Waals surface area contributed by atoms with Gasteiger partial charge in [0.1, 0.15) is 0 Å². The molecule has 0 N–H and O–H groups in total. The maximum atomic E-state index is 12.3. The number of rotatable bonds is 7. The van der Waals surface area contributed by atoms with Gasteiger partial charge in [-0.05, 0) is 30.7 Å². The first kappa shape index (κ1) is 18.4. The van der Waals surface area contributed by atoms with Crippen molar-refractivity contribution in [2.45, 2.75) is 12.8 Å². The van der Waals surface area contributed by atoms with E-state index in [0.717, 1.165) is 4.90 Å². The zero-order chi connectivity index (χ0) is 19.4. The quantitative estimate of drug-likeness (QED) is 0.424. The molecule has 1 aliphatic heterocycles. The van der Waals surface area contributed by atoms with Gasteiger partial charge in [-0.3, -0.25) is 19.3 Å². The second kappa shape index (κ2) is 7.90. The number of amides is 2. The van der Waals surface area contributed by atoms with E-state index in [9.17, 15) is 14.4 Å². The summed E-state index contributed by atoms with van der Waals surface area (Å²) < 4.78 is 15.7. The Hall–Kier alpha value is -3.35. The van der Waals surface area contributed by atoms with Crippen molar-refractivity contribution in [3.8, 4) is 17.2 Å². The number of imide groups is 1. The Morgan fingerprint density at radius 1 is 0.889 bits per heavy atom. The number of esters is 1. The number of ether oxygens (including phenoxy) is 3. The topological polar surface area (TPSA) is 82.1 Å². The minimum absolute atomic E-state index is 0.0363. The Labute approximate surface area is 156 Å². The van der Waals surface area contributed by atoms with E-state index >= 15 is 0 Å². The second-order valence-electron chi connectivity index (χ2n) is 5.88. The van der Waals surface area contributed by atoms with Crippen LogP contribution in [-0.4, -0.2) is 43.4 Å². The van der Waals surface area contributed by atoms with Gasteiger partial charge in [0.25, 0.3) is 11.8 Å². The maximum Gasteiger partial charge on any atom is 0.311 e. The molecular weight excluding hydrogens is 350 g/mol. The number of benzene rings is 2. The van der Waals surface area contributed by atoms with Gasteiger partial charge in [-0.15, -0.1) is 0 Å². The van der Waals surface area contributed by atoms with Crippen molar-refractivity contribution < 1.29 is 28.6 Å². The summed E-state index contributed by atoms with van der Waals surface area (Å²) in [5.74, 6) is -0.223. The van der Waals surface area contributed by atoms with Crippen LogP contribution in [0.3, 0.4) is 0 Å². The monoisotopic (exact) mass is 369 g/mol. The number of carbonyl (C=O) groups is 3. The van der Waals surface area contributed by atoms with Gasteiger partial charge >= 0.3 is 5.97 Å². The molecule has 0 aromatic heterocycles. The van der Waals surface area contributed by atoms with Crippen molar-refractivity contribution in [1.29, 1.82) is 0 Å². The molecule has 2 aromatic rings. The van der Waals surface area contributed by atoms with Crippen molar-refractivity contribution >= 4 is 17.8 Å². The van der Waals surface area contributed by atoms with E-state index in [4.69, 9.17) is 14.2 Å². The summed E-state index contributed by atoms with van der Waals surface area (Å²) >= 11 is 0. The molecule has 7 heteroatoms. The lowest BCUT2D eigenvalue weighted by atomic mass is 10.1. The molecule has 0 saturated carbocycles. The van der Waals surface area contributed by atoms with Crippen LogP contribution < -0.4 is 14.2 Å². The third-order valence-corrected chi connectivity index (χ3v) is 4.24. The summed E-state index contributed by atoms with van der Waals surface area (Å²) in [6, 6.07) is 11.7. The number of methoxy groups -OCH3 is 2. The van der Waals surface area contributed by atoms with E-state index in [1.54, 1.807) is 42.5 Å². The average molecular weight is 369 g/mol. The number of carbonyl (C=O) groups excluding carboxylic acids is 3. The van der Waals surface area contributed by atoms with Gasteiger partial charge in [0.05, 0.1) is 25.3 Å². The number of para-hydroxylation sites is 1. The Kier molecular flexibility index (Phi) is 5.40. The smallest absolute Gasteiger partial charge is 0.311 e. The van der Waals surface area contributed by atoms with Gasteiger partial charge < -0.3 is 14.2 Å². The molecule has 0 atom stereocenters. The summed E-state index contributed by atoms with van der Waals surface area (Å²) in [6.45, 7) is 0.143. The van der Waals surface area contributed by atoms with Crippen LogP contribution in [0.15, 0.2) is 42.5 Å². The fraction of sp³-hybridized carbons (Fsp3) is 0.250. The Morgan fingerprint density at radius 2 is 1.44 bits per heavy atom. The van der Waals surface area contributed by atoms with Crippen molar-refractivity contribution in [2.24, 2.45) is 0 Å². The van der Waals surface area contributed by atoms with Crippen LogP contribution in [0, 0.1) is 0 Å². The zero-order valence-electron chi connectivity index (χ0n) is 15.1. The molecular formula is C20H19NO6. The molecule has 0 bridgehead atoms. The van der Waals surface area contributed by atoms with Crippen LogP contribution in [0.1, 0.15) is 33.6 Å². The molecule has 0 aliphatic carbocycles. The first-order valence-electron chi connectivity index (χ1n) is 8.43. The molecule has 3 rings (SSSR count). The standard InChI is InChI=1S/C20H19NO6/c1-25-15-9-5-10-16(26-2)18(15)27-17(22)11-6-12-21-19(23)13-7-3-4-8-14(13)20(21)24/h3-5,7-10H,6,11-12H2,1-2H3. The van der Waals surface area contributed by atoms with E-state index in [1.807, 2.05) is 0 Å². The molecule has 7 nitrogen and oxygen atoms in total. The molecule has 0 spiro atoms. The lowest BCUT2D eigenvalue weighted by Crippen LogP contribution is -2.31. The maximum absolute atomic E-state index is 12.3. The van der Waals surface area contributed by atoms with Crippen molar-refractivity contribution in [2.75, 3.05) is 20.8 Å². The van der Waals surface area contributed by atoms with Gasteiger partial charge in [-0.1, -0.05) is 18.2 Å². The molecule has 2 aromatic carbocycles. The fourth-order valence-electron chi connectivity index (χ4n) is 2.91. The SMILES string of the molecule is COc1cccc(OC)c1OC(=O)CCCN1C(=O)c2ccccc2C1=O. The highest BCUT2D eigenvalue weighted by molar-refractivity contribution is 6.21. The van der Waals surface area contributed by atoms with E-state index in [1.165, 1.54) is 14.2 Å². The predicted molar refractivity (Wildman–Crippen MR) is 96.2 cm³/mol. The van der Waals surface area contributed by atoms with E-state index < -0.39 is 5.97 Å². The van der Waals surface area contributed by atoms with Gasteiger partial charge in [-0.2, -0.15) is 0 Å². The summed E-state index contributed by atoms with van der Waals surface area (Å²) in [5.41, 5.74) is 0.785. The van der Waals surface area contributed by atoms with E-state index in [-0.39, 0.29) is 30.5 Å². The first-order chi connectivity index (χ1) is 13.1. The Bertz CT molecular complexity index is 835. The van der Waals surface area contributed by atoms with Crippen LogP contribution in [0.2, 0.25) is 0 Å². The van der Waals surface area contributed by atoms with Crippen molar-refractivity contribution in [1.82, 2.24) is 4.90 Å². The fourth-order valence-corrected chi connectivity index (χ4v) is 2.91. The minimum Gasteiger partial charge on any atom is -0.493 e. The molecule has 27 heavy (non-hydrogen) atoms. The van der Waals surface area contributed by atoms with Crippen LogP contribution in [0.4, 0.5) is 0 Å². The number of hydrogen-bond acceptors (Lipinski definition) is 6. The van der Waals surface area contributed by atoms with Gasteiger partial charge in [-0.25, -0.2) is 0 Å². The van der Waals surface area contributed by atoms with E-state index in [0.29, 0.717) is 29.0 Å². The number of nitrogens with zero attached hydrogens (tertiary/aromatic N) is 1. The average Bonchev–Trinajstić information content (AvgIpc) is 2.93. The molecule has 140 valence electrons. The number of hydrogen-bond donors (Lipinski definition) is 0. The summed E-state index contributed by atoms with van der Waals surface area (Å²) in [5, 5.41) is 0. The van der Waals surface area contributed by atoms with Crippen molar-refractivity contribution in [3.63, 3.8) is 0 Å². The first-order valence-corrected chi connectivity index (χ1v) is 8.43. The lowest BCUT2D eigenvalue weighted by molar-refractivity contribution is -0.134. The van der Waals surface area contributed by atoms with E-state index in [2.05, 4.69) is 0 Å². The third-order valence-electron chi connectivity index (χ3n) is 4.24. The number of fused-ring (bicyclic) bond motifs is 1. The van der Waals surface area contributed by atoms with Gasteiger partial charge in [0.15, 0.2) is 11.5 Å². The molecule has 0 unspecified atom stereocenters. The highest BCUT2D eigenvalue weighted by atomic mass is 16.6. The molecule has 0 fully saturated rings. The van der Waals surface area contributed by atoms with Crippen molar-refractivity contribution in [3.05, 3.63) is 53.6 Å². The molecule has 0 radical (unpaired) electrons. The molecule has 0 saturated heterocycles. The molecule has 1 heterocycles. The molecule has 2 amide bonds. The van der Waals surface area contributed by atoms with Gasteiger partial charge in [0, 0.05) is 13.0 Å². The third kappa shape index (κ3) is 3.62.